The Bertz CT molecular complexity index is 744. The molecule has 1 heterocycles. The van der Waals surface area contributed by atoms with Crippen LogP contribution in [-0.2, 0) is 9.47 Å². The fourth-order valence-corrected chi connectivity index (χ4v) is 3.80. The largest absolute Gasteiger partial charge is 0.386 e. The highest BCUT2D eigenvalue weighted by Crippen LogP contribution is 2.81. The lowest BCUT2D eigenvalue weighted by molar-refractivity contribution is -0.230. The Morgan fingerprint density at radius 1 is 1.18 bits per heavy atom. The number of hydrogen-bond donors (Lipinski definition) is 1. The Hall–Kier alpha value is -2.12. The molecule has 1 aromatic carbocycles. The van der Waals surface area contributed by atoms with Gasteiger partial charge in [0.2, 0.25) is 0 Å². The molecule has 7 heteroatoms. The summed E-state index contributed by atoms with van der Waals surface area (Å²) in [6.07, 6.45) is 0. The number of nitrogens with two attached hydrogens (primary N) is 1. The number of amidine groups is 1. The maximum atomic E-state index is 9.85. The molecule has 0 amide bonds. The summed E-state index contributed by atoms with van der Waals surface area (Å²) < 4.78 is 10.8. The second-order valence-electron chi connectivity index (χ2n) is 5.31. The fourth-order valence-electron chi connectivity index (χ4n) is 3.68. The molecule has 2 aliphatic rings. The smallest absolute Gasteiger partial charge is 0.292 e. The number of aliphatic imine (C=N–C) groups is 1. The van der Waals surface area contributed by atoms with Crippen LogP contribution < -0.4 is 5.73 Å². The van der Waals surface area contributed by atoms with E-state index in [-0.39, 0.29) is 5.84 Å². The topological polar surface area (TPSA) is 104 Å². The molecule has 2 N–H and O–H groups in total. The molecule has 3 atom stereocenters. The first-order chi connectivity index (χ1) is 10.5. The van der Waals surface area contributed by atoms with Crippen molar-refractivity contribution in [2.75, 3.05) is 14.2 Å². The van der Waals surface area contributed by atoms with Crippen LogP contribution in [0, 0.1) is 33.5 Å². The number of nitriles is 2. The lowest BCUT2D eigenvalue weighted by Gasteiger charge is -2.29. The molecule has 1 fully saturated rings. The van der Waals surface area contributed by atoms with Gasteiger partial charge in [0, 0.05) is 25.2 Å². The van der Waals surface area contributed by atoms with Crippen molar-refractivity contribution in [1.82, 2.24) is 0 Å². The van der Waals surface area contributed by atoms with Crippen molar-refractivity contribution in [3.8, 4) is 12.1 Å². The molecule has 1 aliphatic carbocycles. The van der Waals surface area contributed by atoms with Crippen LogP contribution in [-0.4, -0.2) is 26.0 Å². The van der Waals surface area contributed by atoms with Gasteiger partial charge in [0.05, 0.1) is 12.1 Å². The van der Waals surface area contributed by atoms with E-state index in [1.54, 1.807) is 24.3 Å². The first-order valence-electron chi connectivity index (χ1n) is 6.53. The molecule has 22 heavy (non-hydrogen) atoms. The zero-order chi connectivity index (χ0) is 16.2. The van der Waals surface area contributed by atoms with Gasteiger partial charge in [-0.1, -0.05) is 23.7 Å². The summed E-state index contributed by atoms with van der Waals surface area (Å²) in [5.74, 6) is -2.03. The van der Waals surface area contributed by atoms with E-state index < -0.39 is 22.7 Å². The van der Waals surface area contributed by atoms with Gasteiger partial charge >= 0.3 is 0 Å². The van der Waals surface area contributed by atoms with E-state index in [9.17, 15) is 10.5 Å². The minimum Gasteiger partial charge on any atom is -0.386 e. The summed E-state index contributed by atoms with van der Waals surface area (Å²) in [5.41, 5.74) is 4.18. The first-order valence-corrected chi connectivity index (χ1v) is 6.91. The van der Waals surface area contributed by atoms with Crippen molar-refractivity contribution >= 4 is 17.4 Å². The van der Waals surface area contributed by atoms with Crippen molar-refractivity contribution in [2.45, 2.75) is 11.8 Å². The maximum Gasteiger partial charge on any atom is 0.292 e. The molecule has 1 saturated carbocycles. The number of nitrogens with zero attached hydrogens (tertiary/aromatic N) is 3. The SMILES string of the molecule is COC1(OC)N=C(N)[C@]2(C#N)[C@H](c3ccc(Cl)cc3)[C@@]12C#N. The molecule has 0 radical (unpaired) electrons. The Kier molecular flexibility index (Phi) is 2.99. The number of hydrogen-bond acceptors (Lipinski definition) is 6. The zero-order valence-corrected chi connectivity index (χ0v) is 12.8. The van der Waals surface area contributed by atoms with Gasteiger partial charge in [0.15, 0.2) is 5.41 Å². The van der Waals surface area contributed by atoms with E-state index in [0.717, 1.165) is 5.56 Å². The number of benzene rings is 1. The van der Waals surface area contributed by atoms with Gasteiger partial charge in [-0.3, -0.25) is 0 Å². The fraction of sp³-hybridized carbons (Fsp3) is 0.400. The normalized spacial score (nSPS) is 34.2. The van der Waals surface area contributed by atoms with Crippen molar-refractivity contribution in [2.24, 2.45) is 21.6 Å². The molecule has 3 rings (SSSR count). The number of ether oxygens (including phenoxy) is 2. The Morgan fingerprint density at radius 3 is 2.23 bits per heavy atom. The van der Waals surface area contributed by atoms with Gasteiger partial charge in [0.25, 0.3) is 5.91 Å². The summed E-state index contributed by atoms with van der Waals surface area (Å²) in [6, 6.07) is 11.3. The van der Waals surface area contributed by atoms with Crippen LogP contribution in [0.15, 0.2) is 29.3 Å². The van der Waals surface area contributed by atoms with Gasteiger partial charge in [-0.15, -0.1) is 0 Å². The number of halogens is 1. The predicted octanol–water partition coefficient (Wildman–Crippen LogP) is 1.77. The monoisotopic (exact) mass is 316 g/mol. The van der Waals surface area contributed by atoms with Crippen LogP contribution in [0.5, 0.6) is 0 Å². The third-order valence-corrected chi connectivity index (χ3v) is 4.94. The van der Waals surface area contributed by atoms with E-state index in [1.165, 1.54) is 14.2 Å². The average molecular weight is 317 g/mol. The lowest BCUT2D eigenvalue weighted by Crippen LogP contribution is -2.41. The molecule has 0 spiro atoms. The standard InChI is InChI=1S/C15H13ClN4O2/c1-21-15(22-2)14(8-18)11(9-3-5-10(16)6-4-9)13(14,7-17)12(19)20-15/h3-6,11H,1-2H3,(H2,19,20)/t11-,13-,14+/m0/s1. The third kappa shape index (κ3) is 1.29. The minimum absolute atomic E-state index is 0.0557. The molecule has 0 saturated heterocycles. The van der Waals surface area contributed by atoms with Crippen molar-refractivity contribution < 1.29 is 9.47 Å². The maximum absolute atomic E-state index is 9.85. The number of rotatable bonds is 3. The van der Waals surface area contributed by atoms with E-state index in [4.69, 9.17) is 26.8 Å². The molecule has 1 aliphatic heterocycles. The molecular weight excluding hydrogens is 304 g/mol. The van der Waals surface area contributed by atoms with Crippen LogP contribution in [0.25, 0.3) is 0 Å². The van der Waals surface area contributed by atoms with Gasteiger partial charge in [-0.05, 0) is 17.7 Å². The highest BCUT2D eigenvalue weighted by molar-refractivity contribution is 6.30. The molecule has 0 unspecified atom stereocenters. The molecule has 1 aromatic rings. The zero-order valence-electron chi connectivity index (χ0n) is 12.0. The molecular formula is C15H13ClN4O2. The van der Waals surface area contributed by atoms with Crippen LogP contribution in [0.4, 0.5) is 0 Å². The molecule has 0 bridgehead atoms. The Labute approximate surface area is 132 Å². The summed E-state index contributed by atoms with van der Waals surface area (Å²) in [5, 5.41) is 20.2. The molecule has 6 nitrogen and oxygen atoms in total. The summed E-state index contributed by atoms with van der Waals surface area (Å²) in [4.78, 5) is 4.15. The van der Waals surface area contributed by atoms with Crippen LogP contribution >= 0.6 is 11.6 Å². The second-order valence-corrected chi connectivity index (χ2v) is 5.75. The van der Waals surface area contributed by atoms with E-state index in [2.05, 4.69) is 17.1 Å². The predicted molar refractivity (Wildman–Crippen MR) is 78.7 cm³/mol. The third-order valence-electron chi connectivity index (χ3n) is 4.68. The summed E-state index contributed by atoms with van der Waals surface area (Å²) in [7, 11) is 2.76. The van der Waals surface area contributed by atoms with Crippen molar-refractivity contribution in [1.29, 1.82) is 10.5 Å². The number of methoxy groups -OCH3 is 2. The van der Waals surface area contributed by atoms with Crippen LogP contribution in [0.1, 0.15) is 11.5 Å². The van der Waals surface area contributed by atoms with Gasteiger partial charge in [-0.25, -0.2) is 4.99 Å². The highest BCUT2D eigenvalue weighted by atomic mass is 35.5. The first kappa shape index (κ1) is 14.8. The number of fused-ring (bicyclic) bond motifs is 1. The molecule has 112 valence electrons. The van der Waals surface area contributed by atoms with Crippen LogP contribution in [0.2, 0.25) is 5.02 Å². The van der Waals surface area contributed by atoms with Gasteiger partial charge < -0.3 is 15.2 Å². The van der Waals surface area contributed by atoms with Crippen molar-refractivity contribution in [3.05, 3.63) is 34.9 Å². The quantitative estimate of drug-likeness (QED) is 0.856. The van der Waals surface area contributed by atoms with Gasteiger partial charge in [-0.2, -0.15) is 10.5 Å². The van der Waals surface area contributed by atoms with Gasteiger partial charge in [0.1, 0.15) is 11.3 Å². The molecule has 0 aromatic heterocycles. The highest BCUT2D eigenvalue weighted by Gasteiger charge is 2.93. The second kappa shape index (κ2) is 4.44. The lowest BCUT2D eigenvalue weighted by atomic mass is 9.93. The van der Waals surface area contributed by atoms with E-state index >= 15 is 0 Å². The van der Waals surface area contributed by atoms with Crippen molar-refractivity contribution in [3.63, 3.8) is 0 Å². The minimum atomic E-state index is -1.59. The Balaban J connectivity index is 2.23. The summed E-state index contributed by atoms with van der Waals surface area (Å²) in [6.45, 7) is 0. The van der Waals surface area contributed by atoms with E-state index in [1.807, 2.05) is 0 Å². The van der Waals surface area contributed by atoms with Crippen LogP contribution in [0.3, 0.4) is 0 Å². The Morgan fingerprint density at radius 2 is 1.77 bits per heavy atom. The average Bonchev–Trinajstić information content (AvgIpc) is 3.11. The van der Waals surface area contributed by atoms with E-state index in [0.29, 0.717) is 5.02 Å². The summed E-state index contributed by atoms with van der Waals surface area (Å²) >= 11 is 5.91.